The Labute approximate surface area is 112 Å². The third-order valence-corrected chi connectivity index (χ3v) is 3.10. The number of rotatable bonds is 5. The van der Waals surface area contributed by atoms with Crippen molar-refractivity contribution in [3.63, 3.8) is 0 Å². The minimum Gasteiger partial charge on any atom is -0.369 e. The first-order valence-electron chi connectivity index (χ1n) is 5.99. The van der Waals surface area contributed by atoms with Crippen LogP contribution < -0.4 is 4.90 Å². The molecule has 1 fully saturated rings. The van der Waals surface area contributed by atoms with Crippen molar-refractivity contribution < 1.29 is 9.32 Å². The molecule has 1 heterocycles. The molecule has 1 aliphatic heterocycles. The van der Waals surface area contributed by atoms with E-state index in [1.807, 2.05) is 29.5 Å². The zero-order valence-electron chi connectivity index (χ0n) is 10.8. The minimum atomic E-state index is 0.836. The summed E-state index contributed by atoms with van der Waals surface area (Å²) in [6, 6.07) is 10.4. The molecule has 0 aliphatic carbocycles. The SMILES string of the molecule is CN(C)SOON1CCN(c2ccccc2)CC1. The number of hydrogen-bond acceptors (Lipinski definition) is 6. The van der Waals surface area contributed by atoms with Crippen LogP contribution in [0, 0.1) is 0 Å². The number of benzene rings is 1. The van der Waals surface area contributed by atoms with Crippen LogP contribution >= 0.6 is 12.2 Å². The van der Waals surface area contributed by atoms with Gasteiger partial charge >= 0.3 is 0 Å². The van der Waals surface area contributed by atoms with E-state index >= 15 is 0 Å². The van der Waals surface area contributed by atoms with Gasteiger partial charge in [-0.1, -0.05) is 18.2 Å². The highest BCUT2D eigenvalue weighted by Crippen LogP contribution is 2.16. The van der Waals surface area contributed by atoms with E-state index in [1.54, 1.807) is 0 Å². The lowest BCUT2D eigenvalue weighted by Crippen LogP contribution is -2.46. The molecule has 1 aromatic rings. The molecule has 6 heteroatoms. The van der Waals surface area contributed by atoms with Gasteiger partial charge in [-0.25, -0.2) is 4.31 Å². The molecule has 5 nitrogen and oxygen atoms in total. The Bertz CT molecular complexity index is 342. The second-order valence-corrected chi connectivity index (χ2v) is 5.30. The van der Waals surface area contributed by atoms with Gasteiger partial charge < -0.3 is 4.90 Å². The van der Waals surface area contributed by atoms with Gasteiger partial charge in [0.05, 0.1) is 0 Å². The lowest BCUT2D eigenvalue weighted by atomic mass is 10.2. The highest BCUT2D eigenvalue weighted by atomic mass is 32.2. The van der Waals surface area contributed by atoms with Crippen molar-refractivity contribution in [1.29, 1.82) is 0 Å². The molecule has 18 heavy (non-hydrogen) atoms. The van der Waals surface area contributed by atoms with E-state index in [4.69, 9.17) is 9.32 Å². The lowest BCUT2D eigenvalue weighted by Gasteiger charge is -2.34. The molecular formula is C12H19N3O2S. The number of nitrogens with zero attached hydrogens (tertiary/aromatic N) is 3. The topological polar surface area (TPSA) is 28.2 Å². The lowest BCUT2D eigenvalue weighted by molar-refractivity contribution is -0.361. The molecule has 0 aromatic heterocycles. The predicted octanol–water partition coefficient (Wildman–Crippen LogP) is 1.80. The van der Waals surface area contributed by atoms with Gasteiger partial charge in [0.2, 0.25) is 0 Å². The number of piperazine rings is 1. The first-order valence-corrected chi connectivity index (χ1v) is 6.69. The molecule has 1 aliphatic rings. The normalized spacial score (nSPS) is 17.4. The van der Waals surface area contributed by atoms with Crippen LogP contribution in [0.3, 0.4) is 0 Å². The van der Waals surface area contributed by atoms with E-state index in [0.717, 1.165) is 26.2 Å². The number of hydrogen-bond donors (Lipinski definition) is 0. The molecule has 1 aromatic carbocycles. The van der Waals surface area contributed by atoms with E-state index in [-0.39, 0.29) is 0 Å². The van der Waals surface area contributed by atoms with E-state index in [1.165, 1.54) is 17.9 Å². The average molecular weight is 269 g/mol. The molecule has 2 rings (SSSR count). The fourth-order valence-corrected chi connectivity index (χ4v) is 2.01. The van der Waals surface area contributed by atoms with Crippen LogP contribution in [-0.4, -0.2) is 49.6 Å². The van der Waals surface area contributed by atoms with Crippen LogP contribution in [0.15, 0.2) is 30.3 Å². The molecule has 0 unspecified atom stereocenters. The monoisotopic (exact) mass is 269 g/mol. The van der Waals surface area contributed by atoms with Crippen LogP contribution in [0.2, 0.25) is 0 Å². The molecule has 0 bridgehead atoms. The first-order chi connectivity index (χ1) is 8.75. The van der Waals surface area contributed by atoms with Crippen molar-refractivity contribution in [2.75, 3.05) is 45.2 Å². The van der Waals surface area contributed by atoms with Gasteiger partial charge in [0.25, 0.3) is 0 Å². The van der Waals surface area contributed by atoms with Crippen LogP contribution in [0.4, 0.5) is 5.69 Å². The highest BCUT2D eigenvalue weighted by molar-refractivity contribution is 7.92. The summed E-state index contributed by atoms with van der Waals surface area (Å²) in [6.07, 6.45) is 0. The Morgan fingerprint density at radius 3 is 2.33 bits per heavy atom. The third-order valence-electron chi connectivity index (χ3n) is 2.68. The quantitative estimate of drug-likeness (QED) is 0.350. The Balaban J connectivity index is 1.71. The molecular weight excluding hydrogens is 250 g/mol. The molecule has 0 saturated carbocycles. The maximum atomic E-state index is 5.21. The summed E-state index contributed by atoms with van der Waals surface area (Å²) in [4.78, 5) is 7.55. The van der Waals surface area contributed by atoms with Gasteiger partial charge in [-0.3, -0.25) is 0 Å². The maximum Gasteiger partial charge on any atom is 0.122 e. The third kappa shape index (κ3) is 4.15. The second-order valence-electron chi connectivity index (χ2n) is 4.28. The van der Waals surface area contributed by atoms with Crippen LogP contribution in [0.5, 0.6) is 0 Å². The Kier molecular flexibility index (Phi) is 5.27. The summed E-state index contributed by atoms with van der Waals surface area (Å²) in [6.45, 7) is 3.56. The molecule has 0 amide bonds. The van der Waals surface area contributed by atoms with Crippen LogP contribution in [0.25, 0.3) is 0 Å². The van der Waals surface area contributed by atoms with Crippen molar-refractivity contribution >= 4 is 17.9 Å². The second kappa shape index (κ2) is 6.96. The first kappa shape index (κ1) is 13.6. The van der Waals surface area contributed by atoms with E-state index in [2.05, 4.69) is 29.2 Å². The highest BCUT2D eigenvalue weighted by Gasteiger charge is 2.18. The van der Waals surface area contributed by atoms with E-state index < -0.39 is 0 Å². The molecule has 1 saturated heterocycles. The fraction of sp³-hybridized carbons (Fsp3) is 0.500. The number of anilines is 1. The van der Waals surface area contributed by atoms with E-state index in [0.29, 0.717) is 0 Å². The Morgan fingerprint density at radius 1 is 1.06 bits per heavy atom. The Hall–Kier alpha value is -0.790. The molecule has 0 N–H and O–H groups in total. The summed E-state index contributed by atoms with van der Waals surface area (Å²) in [5.41, 5.74) is 1.26. The van der Waals surface area contributed by atoms with Gasteiger partial charge in [0, 0.05) is 31.9 Å². The number of hydroxylamine groups is 2. The van der Waals surface area contributed by atoms with E-state index in [9.17, 15) is 0 Å². The Morgan fingerprint density at radius 2 is 1.72 bits per heavy atom. The standard InChI is InChI=1S/C12H19N3O2S/c1-13(2)18-17-16-15-10-8-14(9-11-15)12-6-4-3-5-7-12/h3-7H,8-11H2,1-2H3. The maximum absolute atomic E-state index is 5.21. The summed E-state index contributed by atoms with van der Waals surface area (Å²) >= 11 is 1.18. The van der Waals surface area contributed by atoms with Crippen molar-refractivity contribution in [3.8, 4) is 0 Å². The van der Waals surface area contributed by atoms with Crippen molar-refractivity contribution in [1.82, 2.24) is 9.37 Å². The average Bonchev–Trinajstić information content (AvgIpc) is 2.40. The fourth-order valence-electron chi connectivity index (χ4n) is 1.78. The largest absolute Gasteiger partial charge is 0.369 e. The zero-order chi connectivity index (χ0) is 12.8. The predicted molar refractivity (Wildman–Crippen MR) is 73.7 cm³/mol. The molecule has 0 radical (unpaired) electrons. The smallest absolute Gasteiger partial charge is 0.122 e. The van der Waals surface area contributed by atoms with Crippen molar-refractivity contribution in [3.05, 3.63) is 30.3 Å². The van der Waals surface area contributed by atoms with Crippen molar-refractivity contribution in [2.24, 2.45) is 0 Å². The van der Waals surface area contributed by atoms with Crippen LogP contribution in [0.1, 0.15) is 0 Å². The van der Waals surface area contributed by atoms with Gasteiger partial charge in [0.15, 0.2) is 0 Å². The summed E-state index contributed by atoms with van der Waals surface area (Å²) in [5.74, 6) is 0. The minimum absolute atomic E-state index is 0.836. The molecule has 0 spiro atoms. The van der Waals surface area contributed by atoms with Crippen molar-refractivity contribution in [2.45, 2.75) is 0 Å². The van der Waals surface area contributed by atoms with Crippen LogP contribution in [-0.2, 0) is 9.32 Å². The molecule has 100 valence electrons. The van der Waals surface area contributed by atoms with Gasteiger partial charge in [-0.15, -0.1) is 9.32 Å². The molecule has 0 atom stereocenters. The van der Waals surface area contributed by atoms with Gasteiger partial charge in [-0.2, -0.15) is 5.06 Å². The zero-order valence-corrected chi connectivity index (χ0v) is 11.6. The van der Waals surface area contributed by atoms with Gasteiger partial charge in [-0.05, 0) is 26.2 Å². The summed E-state index contributed by atoms with van der Waals surface area (Å²) in [7, 11) is 3.81. The summed E-state index contributed by atoms with van der Waals surface area (Å²) < 4.78 is 6.86. The van der Waals surface area contributed by atoms with Gasteiger partial charge in [0.1, 0.15) is 12.2 Å². The summed E-state index contributed by atoms with van der Waals surface area (Å²) in [5, 5.41) is 1.84. The number of para-hydroxylation sites is 1.